The number of carbonyl (C=O) groups is 3. The van der Waals surface area contributed by atoms with Gasteiger partial charge in [0, 0.05) is 12.8 Å². The summed E-state index contributed by atoms with van der Waals surface area (Å²) in [5, 5.41) is 4.64. The molecule has 0 atom stereocenters. The van der Waals surface area contributed by atoms with E-state index in [2.05, 4.69) is 10.6 Å². The first-order valence-electron chi connectivity index (χ1n) is 6.21. The minimum Gasteiger partial charge on any atom is -0.447 e. The third-order valence-electron chi connectivity index (χ3n) is 2.86. The van der Waals surface area contributed by atoms with E-state index in [0.29, 0.717) is 18.0 Å². The van der Waals surface area contributed by atoms with Gasteiger partial charge in [-0.1, -0.05) is 6.07 Å². The van der Waals surface area contributed by atoms with Crippen molar-refractivity contribution in [3.63, 3.8) is 0 Å². The average molecular weight is 293 g/mol. The molecule has 1 fully saturated rings. The minimum atomic E-state index is -0.633. The summed E-state index contributed by atoms with van der Waals surface area (Å²) in [6, 6.07) is 3.84. The third kappa shape index (κ3) is 3.29. The van der Waals surface area contributed by atoms with Crippen molar-refractivity contribution in [1.82, 2.24) is 5.32 Å². The van der Waals surface area contributed by atoms with Crippen LogP contribution in [0.2, 0.25) is 0 Å². The Kier molecular flexibility index (Phi) is 4.39. The van der Waals surface area contributed by atoms with Crippen molar-refractivity contribution in [2.45, 2.75) is 6.92 Å². The number of hydrogen-bond acceptors (Lipinski definition) is 5. The number of methoxy groups -OCH3 is 1. The van der Waals surface area contributed by atoms with Crippen molar-refractivity contribution in [2.24, 2.45) is 0 Å². The topological polar surface area (TPSA) is 97.0 Å². The summed E-state index contributed by atoms with van der Waals surface area (Å²) in [7, 11) is 1.50. The highest BCUT2D eigenvalue weighted by Gasteiger charge is 2.35. The molecule has 0 spiro atoms. The first kappa shape index (κ1) is 14.8. The highest BCUT2D eigenvalue weighted by molar-refractivity contribution is 6.28. The Bertz CT molecular complexity index is 573. The number of rotatable bonds is 5. The number of urea groups is 2. The summed E-state index contributed by atoms with van der Waals surface area (Å²) in [5.41, 5.74) is 1.61. The number of aryl methyl sites for hydroxylation is 1. The van der Waals surface area contributed by atoms with E-state index in [0.717, 1.165) is 10.5 Å². The molecule has 8 nitrogen and oxygen atoms in total. The van der Waals surface area contributed by atoms with E-state index in [1.54, 1.807) is 19.1 Å². The maximum absolute atomic E-state index is 11.6. The third-order valence-corrected chi connectivity index (χ3v) is 2.86. The lowest BCUT2D eigenvalue weighted by molar-refractivity contribution is 0.107. The van der Waals surface area contributed by atoms with Crippen LogP contribution < -0.4 is 15.5 Å². The molecule has 8 heteroatoms. The van der Waals surface area contributed by atoms with Crippen molar-refractivity contribution < 1.29 is 23.9 Å². The van der Waals surface area contributed by atoms with Gasteiger partial charge in [-0.25, -0.2) is 19.3 Å². The van der Waals surface area contributed by atoms with E-state index >= 15 is 0 Å². The van der Waals surface area contributed by atoms with Gasteiger partial charge in [0.1, 0.15) is 6.61 Å². The molecule has 1 aliphatic rings. The number of hydrogen-bond donors (Lipinski definition) is 2. The Morgan fingerprint density at radius 3 is 2.62 bits per heavy atom. The molecular formula is C13H15N3O5. The number of amides is 5. The summed E-state index contributed by atoms with van der Waals surface area (Å²) in [6.45, 7) is 2.22. The molecule has 112 valence electrons. The summed E-state index contributed by atoms with van der Waals surface area (Å²) < 4.78 is 9.66. The molecule has 0 bridgehead atoms. The fraction of sp³-hybridized carbons (Fsp3) is 0.308. The van der Waals surface area contributed by atoms with Crippen LogP contribution in [-0.2, 0) is 9.47 Å². The van der Waals surface area contributed by atoms with Gasteiger partial charge in [-0.15, -0.1) is 0 Å². The molecule has 0 aliphatic carbocycles. The molecule has 0 aromatic heterocycles. The Labute approximate surface area is 121 Å². The first-order chi connectivity index (χ1) is 10.0. The van der Waals surface area contributed by atoms with Crippen LogP contribution in [0.3, 0.4) is 0 Å². The zero-order valence-electron chi connectivity index (χ0n) is 11.6. The summed E-state index contributed by atoms with van der Waals surface area (Å²) in [5.74, 6) is 0. The maximum atomic E-state index is 11.6. The molecule has 1 aliphatic heterocycles. The predicted molar refractivity (Wildman–Crippen MR) is 74.4 cm³/mol. The molecule has 0 saturated carbocycles. The quantitative estimate of drug-likeness (QED) is 0.807. The molecule has 21 heavy (non-hydrogen) atoms. The molecule has 2 N–H and O–H groups in total. The highest BCUT2D eigenvalue weighted by Crippen LogP contribution is 2.25. The van der Waals surface area contributed by atoms with Gasteiger partial charge in [0.2, 0.25) is 0 Å². The molecule has 0 unspecified atom stereocenters. The van der Waals surface area contributed by atoms with Crippen molar-refractivity contribution in [2.75, 3.05) is 30.5 Å². The normalized spacial score (nSPS) is 13.5. The monoisotopic (exact) mass is 293 g/mol. The second-order valence-corrected chi connectivity index (χ2v) is 4.32. The van der Waals surface area contributed by atoms with Gasteiger partial charge in [-0.2, -0.15) is 0 Å². The van der Waals surface area contributed by atoms with E-state index in [4.69, 9.17) is 9.47 Å². The number of benzene rings is 1. The van der Waals surface area contributed by atoms with Crippen molar-refractivity contribution in [3.05, 3.63) is 23.8 Å². The highest BCUT2D eigenvalue weighted by atomic mass is 16.6. The Balaban J connectivity index is 2.07. The molecular weight excluding hydrogens is 278 g/mol. The Hall–Kier alpha value is -2.61. The number of nitrogens with zero attached hydrogens (tertiary/aromatic N) is 1. The van der Waals surface area contributed by atoms with Gasteiger partial charge in [-0.05, 0) is 24.6 Å². The van der Waals surface area contributed by atoms with Crippen molar-refractivity contribution in [3.8, 4) is 0 Å². The van der Waals surface area contributed by atoms with Crippen molar-refractivity contribution in [1.29, 1.82) is 0 Å². The molecule has 1 heterocycles. The maximum Gasteiger partial charge on any atom is 0.411 e. The standard InChI is InChI=1S/C13H15N3O5/c1-8-3-4-9(16-11(17)15-12(16)18)7-10(8)14-13(19)21-6-5-20-2/h3-4,7H,5-6H2,1-2H3,(H,14,19)(H,15,17,18). The lowest BCUT2D eigenvalue weighted by atomic mass is 10.1. The largest absolute Gasteiger partial charge is 0.447 e. The van der Waals surface area contributed by atoms with Crippen LogP contribution >= 0.6 is 0 Å². The molecule has 1 aromatic rings. The number of anilines is 2. The van der Waals surface area contributed by atoms with Crippen LogP contribution in [0.5, 0.6) is 0 Å². The second kappa shape index (κ2) is 6.23. The molecule has 0 radical (unpaired) electrons. The summed E-state index contributed by atoms with van der Waals surface area (Å²) >= 11 is 0. The van der Waals surface area contributed by atoms with Crippen LogP contribution in [-0.4, -0.2) is 38.5 Å². The van der Waals surface area contributed by atoms with Gasteiger partial charge < -0.3 is 9.47 Å². The van der Waals surface area contributed by atoms with Gasteiger partial charge in [0.15, 0.2) is 0 Å². The summed E-state index contributed by atoms with van der Waals surface area (Å²) in [4.78, 5) is 35.2. The molecule has 2 rings (SSSR count). The van der Waals surface area contributed by atoms with Crippen LogP contribution in [0.4, 0.5) is 25.8 Å². The van der Waals surface area contributed by atoms with E-state index in [1.165, 1.54) is 13.2 Å². The van der Waals surface area contributed by atoms with E-state index in [1.807, 2.05) is 0 Å². The van der Waals surface area contributed by atoms with E-state index in [-0.39, 0.29) is 6.61 Å². The summed E-state index contributed by atoms with van der Waals surface area (Å²) in [6.07, 6.45) is -0.633. The van der Waals surface area contributed by atoms with Gasteiger partial charge in [0.05, 0.1) is 12.3 Å². The minimum absolute atomic E-state index is 0.133. The van der Waals surface area contributed by atoms with Gasteiger partial charge >= 0.3 is 18.2 Å². The fourth-order valence-electron chi connectivity index (χ4n) is 1.72. The zero-order valence-corrected chi connectivity index (χ0v) is 11.6. The molecule has 5 amide bonds. The lowest BCUT2D eigenvalue weighted by Gasteiger charge is -2.29. The van der Waals surface area contributed by atoms with Crippen LogP contribution in [0.15, 0.2) is 18.2 Å². The van der Waals surface area contributed by atoms with Crippen LogP contribution in [0.25, 0.3) is 0 Å². The first-order valence-corrected chi connectivity index (χ1v) is 6.21. The lowest BCUT2D eigenvalue weighted by Crippen LogP contribution is -2.61. The predicted octanol–water partition coefficient (Wildman–Crippen LogP) is 1.84. The van der Waals surface area contributed by atoms with Gasteiger partial charge in [0.25, 0.3) is 0 Å². The van der Waals surface area contributed by atoms with Crippen LogP contribution in [0, 0.1) is 6.92 Å². The van der Waals surface area contributed by atoms with Crippen LogP contribution in [0.1, 0.15) is 5.56 Å². The van der Waals surface area contributed by atoms with Gasteiger partial charge in [-0.3, -0.25) is 10.6 Å². The fourth-order valence-corrected chi connectivity index (χ4v) is 1.72. The number of ether oxygens (including phenoxy) is 2. The van der Waals surface area contributed by atoms with E-state index < -0.39 is 18.2 Å². The SMILES string of the molecule is COCCOC(=O)Nc1cc(N2C(=O)NC2=O)ccc1C. The smallest absolute Gasteiger partial charge is 0.411 e. The van der Waals surface area contributed by atoms with Crippen molar-refractivity contribution >= 4 is 29.5 Å². The second-order valence-electron chi connectivity index (χ2n) is 4.32. The Morgan fingerprint density at radius 2 is 2.00 bits per heavy atom. The molecule has 1 aromatic carbocycles. The van der Waals surface area contributed by atoms with E-state index in [9.17, 15) is 14.4 Å². The number of nitrogens with one attached hydrogen (secondary N) is 2. The molecule has 1 saturated heterocycles. The zero-order chi connectivity index (χ0) is 15.4. The number of imide groups is 2. The Morgan fingerprint density at radius 1 is 1.29 bits per heavy atom. The average Bonchev–Trinajstić information content (AvgIpc) is 2.42. The number of carbonyl (C=O) groups excluding carboxylic acids is 3.